The SMILES string of the molecule is Fc1ccc(Cn2nnnc2[C@@H](c2ccc3ncccc3c2)[NH+]2CCCCCC2)cc1. The molecule has 4 aromatic rings. The number of tetrazole rings is 1. The molecule has 3 heterocycles. The smallest absolute Gasteiger partial charge is 0.214 e. The Labute approximate surface area is 180 Å². The third-order valence-corrected chi connectivity index (χ3v) is 6.18. The first kappa shape index (κ1) is 19.8. The second-order valence-electron chi connectivity index (χ2n) is 8.28. The summed E-state index contributed by atoms with van der Waals surface area (Å²) in [4.78, 5) is 5.97. The number of hydrogen-bond acceptors (Lipinski definition) is 4. The van der Waals surface area contributed by atoms with Gasteiger partial charge >= 0.3 is 0 Å². The highest BCUT2D eigenvalue weighted by atomic mass is 19.1. The van der Waals surface area contributed by atoms with E-state index in [1.54, 1.807) is 12.1 Å². The van der Waals surface area contributed by atoms with Crippen LogP contribution < -0.4 is 4.90 Å². The number of pyridine rings is 1. The summed E-state index contributed by atoms with van der Waals surface area (Å²) in [6.07, 6.45) is 6.79. The summed E-state index contributed by atoms with van der Waals surface area (Å²) in [5.74, 6) is 0.613. The van der Waals surface area contributed by atoms with Crippen molar-refractivity contribution in [2.24, 2.45) is 0 Å². The van der Waals surface area contributed by atoms with Gasteiger partial charge in [0.25, 0.3) is 0 Å². The lowest BCUT2D eigenvalue weighted by Gasteiger charge is -2.27. The molecule has 158 valence electrons. The van der Waals surface area contributed by atoms with Crippen LogP contribution in [0.1, 0.15) is 48.7 Å². The molecule has 1 saturated heterocycles. The van der Waals surface area contributed by atoms with Crippen molar-refractivity contribution in [3.8, 4) is 0 Å². The largest absolute Gasteiger partial charge is 0.322 e. The maximum atomic E-state index is 13.3. The van der Waals surface area contributed by atoms with E-state index in [-0.39, 0.29) is 11.9 Å². The molecule has 31 heavy (non-hydrogen) atoms. The Hall–Kier alpha value is -3.19. The predicted octanol–water partition coefficient (Wildman–Crippen LogP) is 2.96. The highest BCUT2D eigenvalue weighted by molar-refractivity contribution is 5.79. The topological polar surface area (TPSA) is 60.9 Å². The molecule has 1 fully saturated rings. The lowest BCUT2D eigenvalue weighted by Crippen LogP contribution is -3.12. The maximum Gasteiger partial charge on any atom is 0.214 e. The predicted molar refractivity (Wildman–Crippen MR) is 116 cm³/mol. The molecule has 0 aliphatic carbocycles. The number of aromatic nitrogens is 5. The summed E-state index contributed by atoms with van der Waals surface area (Å²) in [5, 5.41) is 13.9. The lowest BCUT2D eigenvalue weighted by molar-refractivity contribution is -0.925. The molecule has 6 nitrogen and oxygen atoms in total. The van der Waals surface area contributed by atoms with Crippen molar-refractivity contribution in [2.75, 3.05) is 13.1 Å². The quantitative estimate of drug-likeness (QED) is 0.542. The van der Waals surface area contributed by atoms with Crippen LogP contribution in [-0.4, -0.2) is 38.3 Å². The highest BCUT2D eigenvalue weighted by Crippen LogP contribution is 2.23. The van der Waals surface area contributed by atoms with Crippen LogP contribution >= 0.6 is 0 Å². The lowest BCUT2D eigenvalue weighted by atomic mass is 10.0. The summed E-state index contributed by atoms with van der Waals surface area (Å²) >= 11 is 0. The molecular weight excluding hydrogens is 391 g/mol. The first-order chi connectivity index (χ1) is 15.3. The molecule has 0 unspecified atom stereocenters. The molecule has 7 heteroatoms. The number of hydrogen-bond donors (Lipinski definition) is 1. The standard InChI is InChI=1S/C24H25FN6/c25-21-10-7-18(8-11-21)17-31-24(27-28-29-31)23(30-14-3-1-2-4-15-30)20-9-12-22-19(16-20)6-5-13-26-22/h5-13,16,23H,1-4,14-15,17H2/p+1/t23-/m1/s1. The van der Waals surface area contributed by atoms with Crippen LogP contribution in [0, 0.1) is 5.82 Å². The summed E-state index contributed by atoms with van der Waals surface area (Å²) in [7, 11) is 0. The molecule has 0 amide bonds. The molecule has 0 spiro atoms. The fraction of sp³-hybridized carbons (Fsp3) is 0.333. The van der Waals surface area contributed by atoms with Gasteiger partial charge in [-0.1, -0.05) is 24.3 Å². The summed E-state index contributed by atoms with van der Waals surface area (Å²) in [5.41, 5.74) is 3.16. The minimum Gasteiger partial charge on any atom is -0.322 e. The Bertz CT molecular complexity index is 1150. The van der Waals surface area contributed by atoms with Crippen molar-refractivity contribution >= 4 is 10.9 Å². The number of rotatable bonds is 5. The molecule has 1 N–H and O–H groups in total. The number of halogens is 1. The Kier molecular flexibility index (Phi) is 5.67. The van der Waals surface area contributed by atoms with E-state index in [1.165, 1.54) is 48.3 Å². The number of nitrogens with zero attached hydrogens (tertiary/aromatic N) is 5. The Balaban J connectivity index is 1.55. The zero-order chi connectivity index (χ0) is 21.0. The van der Waals surface area contributed by atoms with Crippen molar-refractivity contribution in [2.45, 2.75) is 38.3 Å². The van der Waals surface area contributed by atoms with Gasteiger partial charge in [0.1, 0.15) is 5.82 Å². The van der Waals surface area contributed by atoms with E-state index in [9.17, 15) is 4.39 Å². The van der Waals surface area contributed by atoms with Crippen molar-refractivity contribution in [3.05, 3.63) is 83.6 Å². The van der Waals surface area contributed by atoms with E-state index < -0.39 is 0 Å². The molecular formula is C24H26FN6+. The van der Waals surface area contributed by atoms with Gasteiger partial charge in [-0.3, -0.25) is 4.98 Å². The fourth-order valence-corrected chi connectivity index (χ4v) is 4.61. The third-order valence-electron chi connectivity index (χ3n) is 6.18. The van der Waals surface area contributed by atoms with Crippen LogP contribution in [0.5, 0.6) is 0 Å². The maximum absolute atomic E-state index is 13.3. The van der Waals surface area contributed by atoms with Crippen molar-refractivity contribution in [3.63, 3.8) is 0 Å². The number of fused-ring (bicyclic) bond motifs is 1. The van der Waals surface area contributed by atoms with Crippen molar-refractivity contribution < 1.29 is 9.29 Å². The molecule has 2 aromatic carbocycles. The van der Waals surface area contributed by atoms with Gasteiger partial charge in [-0.25, -0.2) is 9.07 Å². The Morgan fingerprint density at radius 2 is 1.77 bits per heavy atom. The van der Waals surface area contributed by atoms with Crippen LogP contribution in [0.2, 0.25) is 0 Å². The third kappa shape index (κ3) is 4.32. The van der Waals surface area contributed by atoms with E-state index in [0.717, 1.165) is 35.4 Å². The summed E-state index contributed by atoms with van der Waals surface area (Å²) in [6.45, 7) is 2.71. The van der Waals surface area contributed by atoms with Gasteiger partial charge in [-0.15, -0.1) is 5.10 Å². The van der Waals surface area contributed by atoms with E-state index >= 15 is 0 Å². The summed E-state index contributed by atoms with van der Waals surface area (Å²) in [6, 6.07) is 17.1. The van der Waals surface area contributed by atoms with E-state index in [1.807, 2.05) is 16.9 Å². The molecule has 0 saturated carbocycles. The van der Waals surface area contributed by atoms with Gasteiger partial charge in [-0.2, -0.15) is 0 Å². The van der Waals surface area contributed by atoms with Crippen LogP contribution in [-0.2, 0) is 6.54 Å². The van der Waals surface area contributed by atoms with Gasteiger partial charge in [-0.05, 0) is 72.0 Å². The molecule has 2 aromatic heterocycles. The van der Waals surface area contributed by atoms with Crippen LogP contribution in [0.15, 0.2) is 60.8 Å². The highest BCUT2D eigenvalue weighted by Gasteiger charge is 2.32. The first-order valence-corrected chi connectivity index (χ1v) is 11.0. The molecule has 0 bridgehead atoms. The molecule has 1 aliphatic heterocycles. The van der Waals surface area contributed by atoms with Crippen molar-refractivity contribution in [1.29, 1.82) is 0 Å². The Morgan fingerprint density at radius 3 is 2.58 bits per heavy atom. The molecule has 1 aliphatic rings. The van der Waals surface area contributed by atoms with Gasteiger partial charge in [0.2, 0.25) is 5.82 Å². The molecule has 5 rings (SSSR count). The monoisotopic (exact) mass is 417 g/mol. The average Bonchev–Trinajstić information content (AvgIpc) is 3.07. The molecule has 1 atom stereocenters. The number of likely N-dealkylation sites (tertiary alicyclic amines) is 1. The summed E-state index contributed by atoms with van der Waals surface area (Å²) < 4.78 is 15.2. The van der Waals surface area contributed by atoms with Gasteiger partial charge in [0, 0.05) is 17.1 Å². The number of quaternary nitrogens is 1. The normalized spacial score (nSPS) is 16.3. The van der Waals surface area contributed by atoms with Crippen LogP contribution in [0.25, 0.3) is 10.9 Å². The minimum atomic E-state index is -0.239. The van der Waals surface area contributed by atoms with Crippen LogP contribution in [0.3, 0.4) is 0 Å². The number of benzene rings is 2. The fourth-order valence-electron chi connectivity index (χ4n) is 4.61. The van der Waals surface area contributed by atoms with E-state index in [0.29, 0.717) is 6.54 Å². The minimum absolute atomic E-state index is 0.0400. The van der Waals surface area contributed by atoms with E-state index in [4.69, 9.17) is 0 Å². The Morgan fingerprint density at radius 1 is 0.968 bits per heavy atom. The molecule has 0 radical (unpaired) electrons. The van der Waals surface area contributed by atoms with Gasteiger partial charge in [0.05, 0.1) is 25.2 Å². The average molecular weight is 418 g/mol. The first-order valence-electron chi connectivity index (χ1n) is 11.0. The van der Waals surface area contributed by atoms with Crippen molar-refractivity contribution in [1.82, 2.24) is 25.2 Å². The van der Waals surface area contributed by atoms with Gasteiger partial charge in [0.15, 0.2) is 6.04 Å². The van der Waals surface area contributed by atoms with E-state index in [2.05, 4.69) is 44.8 Å². The van der Waals surface area contributed by atoms with Crippen LogP contribution in [0.4, 0.5) is 4.39 Å². The second-order valence-corrected chi connectivity index (χ2v) is 8.28. The zero-order valence-electron chi connectivity index (χ0n) is 17.4. The van der Waals surface area contributed by atoms with Gasteiger partial charge < -0.3 is 4.90 Å². The zero-order valence-corrected chi connectivity index (χ0v) is 17.4. The number of nitrogens with one attached hydrogen (secondary N) is 1. The second kappa shape index (κ2) is 8.89.